The van der Waals surface area contributed by atoms with E-state index < -0.39 is 0 Å². The number of nitrogens with zero attached hydrogens (tertiary/aromatic N) is 3. The molecule has 1 aromatic heterocycles. The molecule has 1 N–H and O–H groups in total. The minimum absolute atomic E-state index is 0.0254. The molecule has 7 nitrogen and oxygen atoms in total. The van der Waals surface area contributed by atoms with E-state index in [1.807, 2.05) is 4.90 Å². The number of carbonyl (C=O) groups excluding carboxylic acids is 1. The van der Waals surface area contributed by atoms with Gasteiger partial charge in [-0.2, -0.15) is 4.98 Å². The zero-order valence-corrected chi connectivity index (χ0v) is 13.6. The van der Waals surface area contributed by atoms with Gasteiger partial charge in [-0.1, -0.05) is 18.0 Å². The Hall–Kier alpha value is -1.63. The molecule has 0 unspecified atom stereocenters. The van der Waals surface area contributed by atoms with Crippen molar-refractivity contribution in [1.82, 2.24) is 20.4 Å². The zero-order chi connectivity index (χ0) is 15.9. The van der Waals surface area contributed by atoms with Crippen LogP contribution in [0.2, 0.25) is 0 Å². The normalized spacial score (nSPS) is 20.1. The average molecular weight is 322 g/mol. The van der Waals surface area contributed by atoms with Gasteiger partial charge in [0, 0.05) is 32.2 Å². The van der Waals surface area contributed by atoms with Crippen molar-refractivity contribution in [1.29, 1.82) is 0 Å². The molecule has 7 heteroatoms. The van der Waals surface area contributed by atoms with Crippen LogP contribution in [0.25, 0.3) is 0 Å². The zero-order valence-electron chi connectivity index (χ0n) is 13.6. The van der Waals surface area contributed by atoms with Crippen molar-refractivity contribution in [3.05, 3.63) is 12.2 Å². The molecule has 1 aromatic rings. The van der Waals surface area contributed by atoms with Crippen molar-refractivity contribution >= 4 is 6.03 Å². The third kappa shape index (κ3) is 4.67. The number of rotatable bonds is 6. The van der Waals surface area contributed by atoms with Crippen LogP contribution in [0.15, 0.2) is 10.9 Å². The van der Waals surface area contributed by atoms with Crippen LogP contribution < -0.4 is 5.32 Å². The number of piperidine rings is 1. The summed E-state index contributed by atoms with van der Waals surface area (Å²) in [6.45, 7) is 2.90. The van der Waals surface area contributed by atoms with Crippen molar-refractivity contribution in [2.24, 2.45) is 0 Å². The largest absolute Gasteiger partial charge is 0.378 e. The van der Waals surface area contributed by atoms with E-state index >= 15 is 0 Å². The van der Waals surface area contributed by atoms with Crippen molar-refractivity contribution in [2.75, 3.05) is 26.2 Å². The van der Waals surface area contributed by atoms with Crippen LogP contribution in [0, 0.1) is 0 Å². The summed E-state index contributed by atoms with van der Waals surface area (Å²) < 4.78 is 10.6. The van der Waals surface area contributed by atoms with E-state index in [1.54, 1.807) is 0 Å². The lowest BCUT2D eigenvalue weighted by atomic mass is 9.96. The van der Waals surface area contributed by atoms with Gasteiger partial charge in [-0.05, 0) is 32.1 Å². The molecule has 3 rings (SSSR count). The summed E-state index contributed by atoms with van der Waals surface area (Å²) in [5.74, 6) is 1.06. The highest BCUT2D eigenvalue weighted by molar-refractivity contribution is 5.74. The first kappa shape index (κ1) is 16.2. The Bertz CT molecular complexity index is 466. The van der Waals surface area contributed by atoms with Gasteiger partial charge in [-0.3, -0.25) is 0 Å². The first-order valence-corrected chi connectivity index (χ1v) is 8.73. The highest BCUT2D eigenvalue weighted by atomic mass is 16.5. The van der Waals surface area contributed by atoms with E-state index in [4.69, 9.17) is 9.26 Å². The summed E-state index contributed by atoms with van der Waals surface area (Å²) in [6.07, 6.45) is 9.44. The summed E-state index contributed by atoms with van der Waals surface area (Å²) in [6, 6.07) is 0.0254. The number of hydrogen-bond acceptors (Lipinski definition) is 5. The number of hydrogen-bond donors (Lipinski definition) is 1. The second-order valence-corrected chi connectivity index (χ2v) is 6.41. The minimum atomic E-state index is 0.0254. The average Bonchev–Trinajstić information content (AvgIpc) is 3.28. The van der Waals surface area contributed by atoms with Gasteiger partial charge in [0.15, 0.2) is 5.82 Å². The molecule has 2 aliphatic rings. The van der Waals surface area contributed by atoms with Crippen molar-refractivity contribution in [2.45, 2.75) is 57.0 Å². The van der Waals surface area contributed by atoms with Crippen LogP contribution in [0.4, 0.5) is 4.79 Å². The summed E-state index contributed by atoms with van der Waals surface area (Å²) in [5.41, 5.74) is 0. The van der Waals surface area contributed by atoms with Gasteiger partial charge < -0.3 is 19.5 Å². The first-order chi connectivity index (χ1) is 11.3. The molecule has 0 aromatic carbocycles. The summed E-state index contributed by atoms with van der Waals surface area (Å²) in [7, 11) is 0. The maximum absolute atomic E-state index is 12.1. The van der Waals surface area contributed by atoms with E-state index in [0.717, 1.165) is 44.8 Å². The minimum Gasteiger partial charge on any atom is -0.378 e. The number of carbonyl (C=O) groups is 1. The molecule has 128 valence electrons. The predicted molar refractivity (Wildman–Crippen MR) is 84.1 cm³/mol. The molecule has 1 saturated carbocycles. The number of ether oxygens (including phenoxy) is 1. The quantitative estimate of drug-likeness (QED) is 0.813. The number of urea groups is 1. The Morgan fingerprint density at radius 3 is 2.78 bits per heavy atom. The molecule has 1 aliphatic heterocycles. The van der Waals surface area contributed by atoms with Crippen LogP contribution >= 0.6 is 0 Å². The van der Waals surface area contributed by atoms with Crippen molar-refractivity contribution in [3.8, 4) is 0 Å². The second kappa shape index (κ2) is 8.29. The monoisotopic (exact) mass is 322 g/mol. The molecular formula is C16H26N4O3. The van der Waals surface area contributed by atoms with Gasteiger partial charge in [0.2, 0.25) is 6.39 Å². The molecule has 0 spiro atoms. The van der Waals surface area contributed by atoms with Gasteiger partial charge >= 0.3 is 6.03 Å². The lowest BCUT2D eigenvalue weighted by Crippen LogP contribution is -2.44. The summed E-state index contributed by atoms with van der Waals surface area (Å²) >= 11 is 0. The maximum Gasteiger partial charge on any atom is 0.317 e. The summed E-state index contributed by atoms with van der Waals surface area (Å²) in [5, 5.41) is 6.88. The van der Waals surface area contributed by atoms with Gasteiger partial charge in [-0.15, -0.1) is 0 Å². The highest BCUT2D eigenvalue weighted by Crippen LogP contribution is 2.25. The topological polar surface area (TPSA) is 80.5 Å². The Labute approximate surface area is 136 Å². The first-order valence-electron chi connectivity index (χ1n) is 8.73. The maximum atomic E-state index is 12.1. The number of amides is 2. The van der Waals surface area contributed by atoms with E-state index in [-0.39, 0.29) is 6.03 Å². The molecule has 0 bridgehead atoms. The van der Waals surface area contributed by atoms with E-state index in [0.29, 0.717) is 18.6 Å². The van der Waals surface area contributed by atoms with Crippen LogP contribution in [-0.2, 0) is 4.74 Å². The van der Waals surface area contributed by atoms with Gasteiger partial charge in [-0.25, -0.2) is 4.79 Å². The standard InChI is InChI=1S/C16H26N4O3/c21-16(17-8-3-11-22-14-4-1-2-5-14)20-9-6-13(7-10-20)15-18-12-23-19-15/h12-14H,1-11H2,(H,17,21). The van der Waals surface area contributed by atoms with E-state index in [1.165, 1.54) is 32.1 Å². The highest BCUT2D eigenvalue weighted by Gasteiger charge is 2.26. The van der Waals surface area contributed by atoms with Gasteiger partial charge in [0.25, 0.3) is 0 Å². The molecule has 2 heterocycles. The van der Waals surface area contributed by atoms with E-state index in [2.05, 4.69) is 15.5 Å². The molecular weight excluding hydrogens is 296 g/mol. The van der Waals surface area contributed by atoms with Crippen molar-refractivity contribution in [3.63, 3.8) is 0 Å². The number of nitrogens with one attached hydrogen (secondary N) is 1. The fourth-order valence-electron chi connectivity index (χ4n) is 3.38. The Morgan fingerprint density at radius 1 is 1.30 bits per heavy atom. The number of aromatic nitrogens is 2. The lowest BCUT2D eigenvalue weighted by molar-refractivity contribution is 0.0569. The van der Waals surface area contributed by atoms with Crippen LogP contribution in [-0.4, -0.2) is 53.4 Å². The fourth-order valence-corrected chi connectivity index (χ4v) is 3.38. The van der Waals surface area contributed by atoms with Crippen LogP contribution in [0.1, 0.15) is 56.7 Å². The van der Waals surface area contributed by atoms with Gasteiger partial charge in [0.1, 0.15) is 0 Å². The van der Waals surface area contributed by atoms with Crippen LogP contribution in [0.3, 0.4) is 0 Å². The molecule has 2 fully saturated rings. The predicted octanol–water partition coefficient (Wildman–Crippen LogP) is 2.31. The molecule has 0 radical (unpaired) electrons. The Morgan fingerprint density at radius 2 is 2.09 bits per heavy atom. The molecule has 1 aliphatic carbocycles. The van der Waals surface area contributed by atoms with E-state index in [9.17, 15) is 4.79 Å². The second-order valence-electron chi connectivity index (χ2n) is 6.41. The molecule has 2 amide bonds. The molecule has 1 saturated heterocycles. The summed E-state index contributed by atoms with van der Waals surface area (Å²) in [4.78, 5) is 18.1. The smallest absolute Gasteiger partial charge is 0.317 e. The third-order valence-electron chi connectivity index (χ3n) is 4.78. The third-order valence-corrected chi connectivity index (χ3v) is 4.78. The Kier molecular flexibility index (Phi) is 5.85. The fraction of sp³-hybridized carbons (Fsp3) is 0.812. The van der Waals surface area contributed by atoms with Crippen molar-refractivity contribution < 1.29 is 14.1 Å². The van der Waals surface area contributed by atoms with Crippen LogP contribution in [0.5, 0.6) is 0 Å². The number of likely N-dealkylation sites (tertiary alicyclic amines) is 1. The van der Waals surface area contributed by atoms with Gasteiger partial charge in [0.05, 0.1) is 6.10 Å². The SMILES string of the molecule is O=C(NCCCOC1CCCC1)N1CCC(c2ncon2)CC1. The Balaban J connectivity index is 1.27. The molecule has 0 atom stereocenters. The molecule has 23 heavy (non-hydrogen) atoms. The lowest BCUT2D eigenvalue weighted by Gasteiger charge is -2.30.